The molecular weight excluding hydrogens is 178 g/mol. The summed E-state index contributed by atoms with van der Waals surface area (Å²) in [5.41, 5.74) is 8.70. The minimum Gasteiger partial charge on any atom is -0.496 e. The van der Waals surface area contributed by atoms with E-state index in [1.54, 1.807) is 7.11 Å². The molecule has 1 amide bonds. The molecule has 0 bridgehead atoms. The van der Waals surface area contributed by atoms with Gasteiger partial charge in [0, 0.05) is 0 Å². The number of methoxy groups -OCH3 is 1. The van der Waals surface area contributed by atoms with Crippen LogP contribution in [0.25, 0.3) is 0 Å². The highest BCUT2D eigenvalue weighted by Gasteiger charge is 2.16. The van der Waals surface area contributed by atoms with Crippen molar-refractivity contribution >= 4 is 5.91 Å². The molecule has 0 aromatic heterocycles. The van der Waals surface area contributed by atoms with Gasteiger partial charge in [-0.15, -0.1) is 0 Å². The van der Waals surface area contributed by atoms with Crippen LogP contribution >= 0.6 is 0 Å². The smallest absolute Gasteiger partial charge is 0.252 e. The molecule has 3 nitrogen and oxygen atoms in total. The zero-order valence-electron chi connectivity index (χ0n) is 8.97. The second-order valence-electron chi connectivity index (χ2n) is 3.41. The largest absolute Gasteiger partial charge is 0.496 e. The number of hydrogen-bond donors (Lipinski definition) is 1. The third kappa shape index (κ3) is 1.58. The average Bonchev–Trinajstić information content (AvgIpc) is 2.09. The van der Waals surface area contributed by atoms with E-state index in [9.17, 15) is 4.79 Å². The molecule has 0 spiro atoms. The first-order valence-corrected chi connectivity index (χ1v) is 4.43. The molecule has 0 saturated carbocycles. The molecule has 14 heavy (non-hydrogen) atoms. The lowest BCUT2D eigenvalue weighted by atomic mass is 9.99. The molecule has 1 aromatic rings. The van der Waals surface area contributed by atoms with Crippen molar-refractivity contribution in [3.63, 3.8) is 0 Å². The highest BCUT2D eigenvalue weighted by Crippen LogP contribution is 2.28. The Morgan fingerprint density at radius 1 is 1.29 bits per heavy atom. The Balaban J connectivity index is 3.55. The fraction of sp³-hybridized carbons (Fsp3) is 0.364. The number of carbonyl (C=O) groups excluding carboxylic acids is 1. The summed E-state index contributed by atoms with van der Waals surface area (Å²) in [5, 5.41) is 0. The fourth-order valence-electron chi connectivity index (χ4n) is 1.61. The van der Waals surface area contributed by atoms with E-state index in [1.165, 1.54) is 0 Å². The van der Waals surface area contributed by atoms with E-state index in [0.717, 1.165) is 16.7 Å². The molecule has 0 heterocycles. The normalized spacial score (nSPS) is 10.0. The van der Waals surface area contributed by atoms with Crippen molar-refractivity contribution in [3.05, 3.63) is 28.3 Å². The summed E-state index contributed by atoms with van der Waals surface area (Å²) in [6, 6.07) is 1.94. The number of benzene rings is 1. The molecule has 0 fully saturated rings. The second kappa shape index (κ2) is 3.70. The van der Waals surface area contributed by atoms with E-state index in [4.69, 9.17) is 10.5 Å². The number of carbonyl (C=O) groups is 1. The van der Waals surface area contributed by atoms with E-state index in [-0.39, 0.29) is 0 Å². The minimum absolute atomic E-state index is 0.442. The van der Waals surface area contributed by atoms with Gasteiger partial charge >= 0.3 is 0 Å². The fourth-order valence-corrected chi connectivity index (χ4v) is 1.61. The molecule has 0 saturated heterocycles. The Hall–Kier alpha value is -1.51. The maximum absolute atomic E-state index is 11.2. The number of nitrogens with two attached hydrogens (primary N) is 1. The van der Waals surface area contributed by atoms with Gasteiger partial charge in [-0.05, 0) is 37.5 Å². The van der Waals surface area contributed by atoms with Crippen molar-refractivity contribution in [2.75, 3.05) is 7.11 Å². The highest BCUT2D eigenvalue weighted by molar-refractivity contribution is 5.97. The van der Waals surface area contributed by atoms with E-state index in [1.807, 2.05) is 26.8 Å². The first-order chi connectivity index (χ1) is 6.49. The van der Waals surface area contributed by atoms with Crippen LogP contribution in [0.5, 0.6) is 5.75 Å². The summed E-state index contributed by atoms with van der Waals surface area (Å²) in [6.45, 7) is 5.75. The number of hydrogen-bond acceptors (Lipinski definition) is 2. The van der Waals surface area contributed by atoms with Crippen LogP contribution in [0.1, 0.15) is 27.0 Å². The van der Waals surface area contributed by atoms with E-state index < -0.39 is 5.91 Å². The van der Waals surface area contributed by atoms with E-state index >= 15 is 0 Å². The third-order valence-electron chi connectivity index (χ3n) is 2.44. The van der Waals surface area contributed by atoms with Crippen molar-refractivity contribution in [2.24, 2.45) is 5.73 Å². The van der Waals surface area contributed by atoms with Gasteiger partial charge in [-0.3, -0.25) is 4.79 Å². The first kappa shape index (κ1) is 10.6. The average molecular weight is 193 g/mol. The van der Waals surface area contributed by atoms with Crippen molar-refractivity contribution < 1.29 is 9.53 Å². The van der Waals surface area contributed by atoms with Crippen LogP contribution in [0, 0.1) is 20.8 Å². The van der Waals surface area contributed by atoms with Gasteiger partial charge in [0.05, 0.1) is 12.7 Å². The summed E-state index contributed by atoms with van der Waals surface area (Å²) in [4.78, 5) is 11.2. The minimum atomic E-state index is -0.442. The topological polar surface area (TPSA) is 52.3 Å². The summed E-state index contributed by atoms with van der Waals surface area (Å²) in [6.07, 6.45) is 0. The number of aryl methyl sites for hydroxylation is 2. The van der Waals surface area contributed by atoms with Crippen LogP contribution in [0.4, 0.5) is 0 Å². The monoisotopic (exact) mass is 193 g/mol. The molecule has 2 N–H and O–H groups in total. The predicted octanol–water partition coefficient (Wildman–Crippen LogP) is 1.72. The van der Waals surface area contributed by atoms with Crippen LogP contribution in [-0.4, -0.2) is 13.0 Å². The lowest BCUT2D eigenvalue weighted by Crippen LogP contribution is -2.15. The van der Waals surface area contributed by atoms with Crippen LogP contribution in [0.2, 0.25) is 0 Å². The zero-order valence-corrected chi connectivity index (χ0v) is 8.97. The Labute approximate surface area is 83.9 Å². The van der Waals surface area contributed by atoms with Gasteiger partial charge in [-0.2, -0.15) is 0 Å². The summed E-state index contributed by atoms with van der Waals surface area (Å²) in [5.74, 6) is 0.150. The molecule has 0 radical (unpaired) electrons. The van der Waals surface area contributed by atoms with Gasteiger partial charge in [0.2, 0.25) is 0 Å². The van der Waals surface area contributed by atoms with Crippen molar-refractivity contribution in [1.82, 2.24) is 0 Å². The lowest BCUT2D eigenvalue weighted by Gasteiger charge is -2.13. The summed E-state index contributed by atoms with van der Waals surface area (Å²) in [7, 11) is 1.55. The lowest BCUT2D eigenvalue weighted by molar-refractivity contribution is 0.0996. The quantitative estimate of drug-likeness (QED) is 0.777. The number of ether oxygens (including phenoxy) is 1. The molecule has 1 rings (SSSR count). The summed E-state index contributed by atoms with van der Waals surface area (Å²) < 4.78 is 5.20. The Bertz CT molecular complexity index is 383. The van der Waals surface area contributed by atoms with Gasteiger partial charge in [-0.1, -0.05) is 6.07 Å². The van der Waals surface area contributed by atoms with Gasteiger partial charge < -0.3 is 10.5 Å². The molecule has 0 aliphatic carbocycles. The first-order valence-electron chi connectivity index (χ1n) is 4.43. The van der Waals surface area contributed by atoms with Crippen molar-refractivity contribution in [1.29, 1.82) is 0 Å². The molecule has 0 aliphatic heterocycles. The van der Waals surface area contributed by atoms with Gasteiger partial charge in [0.1, 0.15) is 5.75 Å². The van der Waals surface area contributed by atoms with Gasteiger partial charge in [0.25, 0.3) is 5.91 Å². The molecule has 3 heteroatoms. The highest BCUT2D eigenvalue weighted by atomic mass is 16.5. The van der Waals surface area contributed by atoms with E-state index in [2.05, 4.69) is 0 Å². The molecule has 0 aliphatic rings. The Morgan fingerprint density at radius 2 is 1.86 bits per heavy atom. The second-order valence-corrected chi connectivity index (χ2v) is 3.41. The molecule has 0 unspecified atom stereocenters. The number of primary amides is 1. The molecule has 1 aromatic carbocycles. The van der Waals surface area contributed by atoms with Crippen LogP contribution in [0.3, 0.4) is 0 Å². The Morgan fingerprint density at radius 3 is 2.29 bits per heavy atom. The van der Waals surface area contributed by atoms with E-state index in [0.29, 0.717) is 11.3 Å². The molecule has 0 atom stereocenters. The molecule has 76 valence electrons. The third-order valence-corrected chi connectivity index (χ3v) is 2.44. The maximum atomic E-state index is 11.2. The number of amides is 1. The van der Waals surface area contributed by atoms with Crippen molar-refractivity contribution in [3.8, 4) is 5.75 Å². The standard InChI is InChI=1S/C11H15NO2/c1-6-5-7(2)9(11(12)13)10(14-4)8(6)3/h5H,1-4H3,(H2,12,13). The van der Waals surface area contributed by atoms with Crippen LogP contribution in [0.15, 0.2) is 6.07 Å². The number of rotatable bonds is 2. The van der Waals surface area contributed by atoms with Crippen LogP contribution < -0.4 is 10.5 Å². The summed E-state index contributed by atoms with van der Waals surface area (Å²) >= 11 is 0. The zero-order chi connectivity index (χ0) is 10.9. The Kier molecular flexibility index (Phi) is 2.79. The van der Waals surface area contributed by atoms with Crippen LogP contribution in [-0.2, 0) is 0 Å². The van der Waals surface area contributed by atoms with Gasteiger partial charge in [0.15, 0.2) is 0 Å². The van der Waals surface area contributed by atoms with Crippen molar-refractivity contribution in [2.45, 2.75) is 20.8 Å². The SMILES string of the molecule is COc1c(C)c(C)cc(C)c1C(N)=O. The maximum Gasteiger partial charge on any atom is 0.252 e. The predicted molar refractivity (Wildman–Crippen MR) is 55.7 cm³/mol. The molecular formula is C11H15NO2. The van der Waals surface area contributed by atoms with Gasteiger partial charge in [-0.25, -0.2) is 0 Å².